The summed E-state index contributed by atoms with van der Waals surface area (Å²) in [5.74, 6) is -0.241. The molecule has 2 N–H and O–H groups in total. The predicted molar refractivity (Wildman–Crippen MR) is 76.5 cm³/mol. The van der Waals surface area contributed by atoms with Crippen LogP contribution < -0.4 is 10.6 Å². The summed E-state index contributed by atoms with van der Waals surface area (Å²) in [6.45, 7) is 5.61. The first kappa shape index (κ1) is 14.3. The second kappa shape index (κ2) is 6.36. The van der Waals surface area contributed by atoms with E-state index in [0.29, 0.717) is 18.7 Å². The fourth-order valence-corrected chi connectivity index (χ4v) is 2.20. The number of carbonyl (C=O) groups excluding carboxylic acids is 2. The molecule has 1 unspecified atom stereocenters. The third-order valence-corrected chi connectivity index (χ3v) is 3.38. The Morgan fingerprint density at radius 2 is 2.40 bits per heavy atom. The third kappa shape index (κ3) is 2.89. The number of anilines is 1. The zero-order valence-corrected chi connectivity index (χ0v) is 11.8. The molecule has 108 valence electrons. The average Bonchev–Trinajstić information content (AvgIpc) is 2.47. The van der Waals surface area contributed by atoms with Crippen LogP contribution in [0.15, 0.2) is 18.5 Å². The summed E-state index contributed by atoms with van der Waals surface area (Å²) in [5.41, 5.74) is 1.28. The molecule has 1 aliphatic heterocycles. The fraction of sp³-hybridized carbons (Fsp3) is 0.500. The maximum atomic E-state index is 12.6. The van der Waals surface area contributed by atoms with Gasteiger partial charge in [-0.25, -0.2) is 0 Å². The summed E-state index contributed by atoms with van der Waals surface area (Å²) in [6.07, 6.45) is 4.21. The predicted octanol–water partition coefficient (Wildman–Crippen LogP) is 0.864. The number of amides is 2. The first-order valence-corrected chi connectivity index (χ1v) is 6.91. The van der Waals surface area contributed by atoms with Gasteiger partial charge in [-0.15, -0.1) is 0 Å². The summed E-state index contributed by atoms with van der Waals surface area (Å²) < 4.78 is 0. The Hall–Kier alpha value is -2.11. The molecule has 0 aliphatic carbocycles. The summed E-state index contributed by atoms with van der Waals surface area (Å²) in [6, 6.07) is 1.25. The second-order valence-corrected chi connectivity index (χ2v) is 4.81. The Morgan fingerprint density at radius 3 is 3.15 bits per heavy atom. The molecular formula is C14H20N4O2. The standard InChI is InChI=1S/C14H20N4O2/c1-3-5-16-12-9-15-6-4-11(12)14(20)18-8-7-17-13(19)10(18)2/h4,6,9-10,16H,3,5,7-8H2,1-2H3,(H,17,19). The molecule has 0 spiro atoms. The Balaban J connectivity index is 2.22. The van der Waals surface area contributed by atoms with Crippen LogP contribution in [0.5, 0.6) is 0 Å². The van der Waals surface area contributed by atoms with Crippen molar-refractivity contribution in [1.29, 1.82) is 0 Å². The van der Waals surface area contributed by atoms with Gasteiger partial charge in [0.15, 0.2) is 0 Å². The smallest absolute Gasteiger partial charge is 0.256 e. The van der Waals surface area contributed by atoms with E-state index >= 15 is 0 Å². The van der Waals surface area contributed by atoms with E-state index in [9.17, 15) is 9.59 Å². The van der Waals surface area contributed by atoms with Crippen molar-refractivity contribution in [1.82, 2.24) is 15.2 Å². The van der Waals surface area contributed by atoms with Crippen LogP contribution in [-0.2, 0) is 4.79 Å². The van der Waals surface area contributed by atoms with Gasteiger partial charge in [-0.05, 0) is 19.4 Å². The lowest BCUT2D eigenvalue weighted by Gasteiger charge is -2.33. The summed E-state index contributed by atoms with van der Waals surface area (Å²) in [4.78, 5) is 29.9. The van der Waals surface area contributed by atoms with Gasteiger partial charge >= 0.3 is 0 Å². The van der Waals surface area contributed by atoms with Crippen molar-refractivity contribution >= 4 is 17.5 Å². The zero-order valence-electron chi connectivity index (χ0n) is 11.8. The van der Waals surface area contributed by atoms with Gasteiger partial charge in [0.2, 0.25) is 5.91 Å². The number of nitrogens with zero attached hydrogens (tertiary/aromatic N) is 2. The van der Waals surface area contributed by atoms with Gasteiger partial charge < -0.3 is 15.5 Å². The van der Waals surface area contributed by atoms with Gasteiger partial charge in [0.25, 0.3) is 5.91 Å². The molecule has 2 amide bonds. The lowest BCUT2D eigenvalue weighted by molar-refractivity contribution is -0.127. The number of piperazine rings is 1. The van der Waals surface area contributed by atoms with Gasteiger partial charge in [0.1, 0.15) is 6.04 Å². The Morgan fingerprint density at radius 1 is 1.60 bits per heavy atom. The highest BCUT2D eigenvalue weighted by Crippen LogP contribution is 2.18. The Labute approximate surface area is 118 Å². The number of carbonyl (C=O) groups is 2. The first-order chi connectivity index (χ1) is 9.65. The van der Waals surface area contributed by atoms with Crippen LogP contribution in [0.3, 0.4) is 0 Å². The van der Waals surface area contributed by atoms with Crippen molar-refractivity contribution in [2.75, 3.05) is 25.0 Å². The van der Waals surface area contributed by atoms with E-state index in [4.69, 9.17) is 0 Å². The van der Waals surface area contributed by atoms with Crippen molar-refractivity contribution in [3.05, 3.63) is 24.0 Å². The minimum atomic E-state index is -0.441. The molecule has 0 aromatic carbocycles. The molecule has 6 nitrogen and oxygen atoms in total. The van der Waals surface area contributed by atoms with E-state index in [1.807, 2.05) is 0 Å². The van der Waals surface area contributed by atoms with Crippen LogP contribution in [0.25, 0.3) is 0 Å². The first-order valence-electron chi connectivity index (χ1n) is 6.91. The number of pyridine rings is 1. The van der Waals surface area contributed by atoms with Crippen LogP contribution in [-0.4, -0.2) is 47.4 Å². The lowest BCUT2D eigenvalue weighted by Crippen LogP contribution is -2.55. The molecule has 2 heterocycles. The molecule has 0 saturated carbocycles. The maximum absolute atomic E-state index is 12.6. The van der Waals surface area contributed by atoms with E-state index in [0.717, 1.165) is 18.7 Å². The summed E-state index contributed by atoms with van der Waals surface area (Å²) >= 11 is 0. The highest BCUT2D eigenvalue weighted by molar-refractivity contribution is 6.02. The molecule has 1 aromatic heterocycles. The number of aromatic nitrogens is 1. The second-order valence-electron chi connectivity index (χ2n) is 4.81. The number of nitrogens with one attached hydrogen (secondary N) is 2. The molecule has 0 radical (unpaired) electrons. The van der Waals surface area contributed by atoms with Gasteiger partial charge in [-0.1, -0.05) is 6.92 Å². The topological polar surface area (TPSA) is 74.3 Å². The molecule has 6 heteroatoms. The highest BCUT2D eigenvalue weighted by atomic mass is 16.2. The Bertz CT molecular complexity index is 504. The van der Waals surface area contributed by atoms with E-state index in [1.54, 1.807) is 30.3 Å². The van der Waals surface area contributed by atoms with Crippen molar-refractivity contribution in [3.63, 3.8) is 0 Å². The molecule has 2 rings (SSSR count). The summed E-state index contributed by atoms with van der Waals surface area (Å²) in [7, 11) is 0. The molecule has 0 bridgehead atoms. The van der Waals surface area contributed by atoms with E-state index < -0.39 is 6.04 Å². The third-order valence-electron chi connectivity index (χ3n) is 3.38. The maximum Gasteiger partial charge on any atom is 0.256 e. The number of hydrogen-bond donors (Lipinski definition) is 2. The van der Waals surface area contributed by atoms with E-state index in [1.165, 1.54) is 0 Å². The van der Waals surface area contributed by atoms with Gasteiger partial charge in [0, 0.05) is 25.8 Å². The summed E-state index contributed by atoms with van der Waals surface area (Å²) in [5, 5.41) is 5.95. The molecular weight excluding hydrogens is 256 g/mol. The normalized spacial score (nSPS) is 18.6. The largest absolute Gasteiger partial charge is 0.383 e. The minimum absolute atomic E-state index is 0.110. The van der Waals surface area contributed by atoms with Gasteiger partial charge in [0.05, 0.1) is 17.4 Å². The van der Waals surface area contributed by atoms with Crippen LogP contribution in [0.1, 0.15) is 30.6 Å². The van der Waals surface area contributed by atoms with Gasteiger partial charge in [-0.3, -0.25) is 14.6 Å². The van der Waals surface area contributed by atoms with Gasteiger partial charge in [-0.2, -0.15) is 0 Å². The van der Waals surface area contributed by atoms with Crippen molar-refractivity contribution < 1.29 is 9.59 Å². The monoisotopic (exact) mass is 276 g/mol. The molecule has 1 aromatic rings. The molecule has 1 saturated heterocycles. The fourth-order valence-electron chi connectivity index (χ4n) is 2.20. The minimum Gasteiger partial charge on any atom is -0.383 e. The molecule has 1 fully saturated rings. The lowest BCUT2D eigenvalue weighted by atomic mass is 10.1. The molecule has 1 aliphatic rings. The molecule has 1 atom stereocenters. The van der Waals surface area contributed by atoms with Crippen LogP contribution in [0, 0.1) is 0 Å². The SMILES string of the molecule is CCCNc1cnccc1C(=O)N1CCNC(=O)C1C. The van der Waals surface area contributed by atoms with Crippen molar-refractivity contribution in [3.8, 4) is 0 Å². The molecule has 20 heavy (non-hydrogen) atoms. The van der Waals surface area contributed by atoms with Crippen LogP contribution >= 0.6 is 0 Å². The van der Waals surface area contributed by atoms with E-state index in [-0.39, 0.29) is 11.8 Å². The average molecular weight is 276 g/mol. The highest BCUT2D eigenvalue weighted by Gasteiger charge is 2.30. The van der Waals surface area contributed by atoms with E-state index in [2.05, 4.69) is 22.5 Å². The Kier molecular flexibility index (Phi) is 4.55. The van der Waals surface area contributed by atoms with Crippen molar-refractivity contribution in [2.24, 2.45) is 0 Å². The van der Waals surface area contributed by atoms with Crippen molar-refractivity contribution in [2.45, 2.75) is 26.3 Å². The quantitative estimate of drug-likeness (QED) is 0.855. The number of hydrogen-bond acceptors (Lipinski definition) is 4. The number of rotatable bonds is 4. The van der Waals surface area contributed by atoms with Crippen LogP contribution in [0.4, 0.5) is 5.69 Å². The van der Waals surface area contributed by atoms with Crippen LogP contribution in [0.2, 0.25) is 0 Å². The zero-order chi connectivity index (χ0) is 14.5.